The van der Waals surface area contributed by atoms with Gasteiger partial charge in [-0.1, -0.05) is 24.1 Å². The number of allylic oxidation sites excluding steroid dienone is 3. The molecular weight excluding hydrogens is 172 g/mol. The first-order valence-electron chi connectivity index (χ1n) is 5.31. The van der Waals surface area contributed by atoms with Crippen LogP contribution in [-0.2, 0) is 4.79 Å². The number of hydrogen-bond acceptors (Lipinski definition) is 1. The Bertz CT molecular complexity index is 213. The predicted molar refractivity (Wildman–Crippen MR) is 62.3 cm³/mol. The second kappa shape index (κ2) is 7.54. The summed E-state index contributed by atoms with van der Waals surface area (Å²) in [4.78, 5) is 10.4. The van der Waals surface area contributed by atoms with Gasteiger partial charge >= 0.3 is 0 Å². The van der Waals surface area contributed by atoms with Crippen LogP contribution in [0, 0.1) is 5.92 Å². The van der Waals surface area contributed by atoms with Gasteiger partial charge in [-0.15, -0.1) is 6.58 Å². The molecule has 0 aromatic carbocycles. The fourth-order valence-electron chi connectivity index (χ4n) is 1.21. The highest BCUT2D eigenvalue weighted by Crippen LogP contribution is 2.12. The average molecular weight is 194 g/mol. The second-order valence-electron chi connectivity index (χ2n) is 4.21. The summed E-state index contributed by atoms with van der Waals surface area (Å²) in [5, 5.41) is 0. The lowest BCUT2D eigenvalue weighted by atomic mass is 10.0. The number of aldehydes is 1. The van der Waals surface area contributed by atoms with Crippen molar-refractivity contribution in [2.75, 3.05) is 0 Å². The van der Waals surface area contributed by atoms with Crippen molar-refractivity contribution in [1.29, 1.82) is 0 Å². The van der Waals surface area contributed by atoms with Crippen molar-refractivity contribution in [1.82, 2.24) is 0 Å². The maximum absolute atomic E-state index is 10.4. The zero-order valence-corrected chi connectivity index (χ0v) is 9.68. The number of carbonyl (C=O) groups is 1. The first-order chi connectivity index (χ1) is 6.56. The molecule has 1 heteroatoms. The molecular formula is C13H22O. The molecule has 0 amide bonds. The predicted octanol–water partition coefficient (Wildman–Crippen LogP) is 3.90. The topological polar surface area (TPSA) is 17.1 Å². The molecule has 0 radical (unpaired) electrons. The third-order valence-corrected chi connectivity index (χ3v) is 2.25. The van der Waals surface area contributed by atoms with Crippen molar-refractivity contribution in [2.45, 2.75) is 46.5 Å². The van der Waals surface area contributed by atoms with Gasteiger partial charge in [0.1, 0.15) is 6.29 Å². The van der Waals surface area contributed by atoms with Crippen LogP contribution in [0.4, 0.5) is 0 Å². The summed E-state index contributed by atoms with van der Waals surface area (Å²) in [6.45, 7) is 10.0. The minimum absolute atomic E-state index is 0.158. The van der Waals surface area contributed by atoms with Crippen molar-refractivity contribution in [3.63, 3.8) is 0 Å². The van der Waals surface area contributed by atoms with E-state index in [0.717, 1.165) is 25.5 Å². The molecule has 1 nitrogen and oxygen atoms in total. The van der Waals surface area contributed by atoms with Gasteiger partial charge in [-0.05, 0) is 39.5 Å². The summed E-state index contributed by atoms with van der Waals surface area (Å²) < 4.78 is 0. The molecule has 0 aliphatic heterocycles. The maximum Gasteiger partial charge on any atom is 0.123 e. The maximum atomic E-state index is 10.4. The minimum Gasteiger partial charge on any atom is -0.303 e. The summed E-state index contributed by atoms with van der Waals surface area (Å²) in [5.41, 5.74) is 2.64. The molecule has 0 aromatic rings. The zero-order chi connectivity index (χ0) is 11.0. The highest BCUT2D eigenvalue weighted by molar-refractivity contribution is 5.53. The Morgan fingerprint density at radius 2 is 2.00 bits per heavy atom. The van der Waals surface area contributed by atoms with Gasteiger partial charge in [-0.3, -0.25) is 0 Å². The van der Waals surface area contributed by atoms with Crippen LogP contribution in [0.5, 0.6) is 0 Å². The van der Waals surface area contributed by atoms with Crippen LogP contribution in [0.15, 0.2) is 23.8 Å². The van der Waals surface area contributed by atoms with E-state index in [0.29, 0.717) is 0 Å². The van der Waals surface area contributed by atoms with Gasteiger partial charge in [0.05, 0.1) is 0 Å². The molecule has 0 rings (SSSR count). The highest BCUT2D eigenvalue weighted by atomic mass is 16.1. The number of carbonyl (C=O) groups excluding carboxylic acids is 1. The molecule has 0 N–H and O–H groups in total. The Morgan fingerprint density at radius 1 is 1.36 bits per heavy atom. The molecule has 0 aromatic heterocycles. The molecule has 1 atom stereocenters. The molecule has 0 aliphatic carbocycles. The highest BCUT2D eigenvalue weighted by Gasteiger charge is 1.97. The molecule has 0 saturated heterocycles. The Morgan fingerprint density at radius 3 is 2.50 bits per heavy atom. The first kappa shape index (κ1) is 13.2. The first-order valence-corrected chi connectivity index (χ1v) is 5.31. The van der Waals surface area contributed by atoms with E-state index >= 15 is 0 Å². The molecule has 14 heavy (non-hydrogen) atoms. The van der Waals surface area contributed by atoms with Crippen LogP contribution in [0.25, 0.3) is 0 Å². The number of rotatable bonds is 7. The fourth-order valence-corrected chi connectivity index (χ4v) is 1.21. The quantitative estimate of drug-likeness (QED) is 0.443. The summed E-state index contributed by atoms with van der Waals surface area (Å²) in [5.74, 6) is 0.158. The molecule has 0 spiro atoms. The third kappa shape index (κ3) is 7.78. The van der Waals surface area contributed by atoms with E-state index in [-0.39, 0.29) is 5.92 Å². The Hall–Kier alpha value is -0.850. The monoisotopic (exact) mass is 194 g/mol. The van der Waals surface area contributed by atoms with Gasteiger partial charge in [0.2, 0.25) is 0 Å². The summed E-state index contributed by atoms with van der Waals surface area (Å²) in [7, 11) is 0. The van der Waals surface area contributed by atoms with Crippen LogP contribution >= 0.6 is 0 Å². The van der Waals surface area contributed by atoms with E-state index in [9.17, 15) is 4.79 Å². The van der Waals surface area contributed by atoms with E-state index in [2.05, 4.69) is 26.5 Å². The van der Waals surface area contributed by atoms with Crippen molar-refractivity contribution in [3.05, 3.63) is 23.8 Å². The molecule has 0 fully saturated rings. The summed E-state index contributed by atoms with van der Waals surface area (Å²) in [6.07, 6.45) is 7.47. The summed E-state index contributed by atoms with van der Waals surface area (Å²) in [6, 6.07) is 0. The molecule has 0 aliphatic rings. The van der Waals surface area contributed by atoms with Gasteiger partial charge < -0.3 is 4.79 Å². The van der Waals surface area contributed by atoms with Gasteiger partial charge in [-0.25, -0.2) is 0 Å². The van der Waals surface area contributed by atoms with Crippen LogP contribution in [-0.4, -0.2) is 6.29 Å². The minimum atomic E-state index is 0.158. The van der Waals surface area contributed by atoms with Crippen molar-refractivity contribution in [2.24, 2.45) is 5.92 Å². The Balaban J connectivity index is 3.66. The van der Waals surface area contributed by atoms with E-state index in [1.807, 2.05) is 6.92 Å². The van der Waals surface area contributed by atoms with Crippen molar-refractivity contribution >= 4 is 6.29 Å². The molecule has 0 heterocycles. The fraction of sp³-hybridized carbons (Fsp3) is 0.615. The number of hydrogen-bond donors (Lipinski definition) is 0. The van der Waals surface area contributed by atoms with Gasteiger partial charge in [-0.2, -0.15) is 0 Å². The lowest BCUT2D eigenvalue weighted by Crippen LogP contribution is -1.93. The molecule has 0 saturated carbocycles. The van der Waals surface area contributed by atoms with E-state index in [4.69, 9.17) is 0 Å². The van der Waals surface area contributed by atoms with Gasteiger partial charge in [0, 0.05) is 5.92 Å². The standard InChI is InChI=1S/C13H22O/c1-11(2)6-5-7-12(3)8-9-13(4)10-14/h8,10,13H,1,5-7,9H2,2-4H3/b12-8-. The zero-order valence-electron chi connectivity index (χ0n) is 9.68. The van der Waals surface area contributed by atoms with Gasteiger partial charge in [0.25, 0.3) is 0 Å². The van der Waals surface area contributed by atoms with Crippen molar-refractivity contribution < 1.29 is 4.79 Å². The third-order valence-electron chi connectivity index (χ3n) is 2.25. The lowest BCUT2D eigenvalue weighted by molar-refractivity contribution is -0.110. The average Bonchev–Trinajstić information content (AvgIpc) is 2.13. The van der Waals surface area contributed by atoms with E-state index in [1.54, 1.807) is 0 Å². The normalized spacial score (nSPS) is 13.8. The van der Waals surface area contributed by atoms with Crippen LogP contribution in [0.3, 0.4) is 0 Å². The van der Waals surface area contributed by atoms with Crippen LogP contribution < -0.4 is 0 Å². The van der Waals surface area contributed by atoms with Crippen molar-refractivity contribution in [3.8, 4) is 0 Å². The van der Waals surface area contributed by atoms with Crippen LogP contribution in [0.2, 0.25) is 0 Å². The van der Waals surface area contributed by atoms with Crippen LogP contribution in [0.1, 0.15) is 46.5 Å². The SMILES string of the molecule is C=C(C)CCC/C(C)=C\CC(C)C=O. The lowest BCUT2D eigenvalue weighted by Gasteiger charge is -2.03. The Kier molecular flexibility index (Phi) is 7.09. The molecule has 0 bridgehead atoms. The molecule has 1 unspecified atom stereocenters. The molecule has 80 valence electrons. The Labute approximate surface area is 87.9 Å². The largest absolute Gasteiger partial charge is 0.303 e. The smallest absolute Gasteiger partial charge is 0.123 e. The van der Waals surface area contributed by atoms with E-state index < -0.39 is 0 Å². The van der Waals surface area contributed by atoms with Gasteiger partial charge in [0.15, 0.2) is 0 Å². The summed E-state index contributed by atoms with van der Waals surface area (Å²) >= 11 is 0. The van der Waals surface area contributed by atoms with E-state index in [1.165, 1.54) is 17.6 Å². The second-order valence-corrected chi connectivity index (χ2v) is 4.21.